The molecule has 1 aromatic heterocycles. The SMILES string of the molecule is CCc1ccc2nc(-c3ccc(Br)cc3Br)[nH]c2c1. The Hall–Kier alpha value is -1.13. The summed E-state index contributed by atoms with van der Waals surface area (Å²) in [5.41, 5.74) is 4.47. The average Bonchev–Trinajstić information content (AvgIpc) is 2.80. The number of fused-ring (bicyclic) bond motifs is 1. The number of imidazole rings is 1. The molecule has 0 atom stereocenters. The molecule has 0 aliphatic carbocycles. The van der Waals surface area contributed by atoms with Crippen LogP contribution in [0.5, 0.6) is 0 Å². The van der Waals surface area contributed by atoms with Crippen LogP contribution < -0.4 is 0 Å². The largest absolute Gasteiger partial charge is 0.338 e. The van der Waals surface area contributed by atoms with Gasteiger partial charge in [0.2, 0.25) is 0 Å². The van der Waals surface area contributed by atoms with E-state index in [1.165, 1.54) is 5.56 Å². The van der Waals surface area contributed by atoms with Crippen molar-refractivity contribution in [3.63, 3.8) is 0 Å². The van der Waals surface area contributed by atoms with E-state index in [4.69, 9.17) is 0 Å². The van der Waals surface area contributed by atoms with Gasteiger partial charge in [0, 0.05) is 14.5 Å². The standard InChI is InChI=1S/C15H12Br2N2/c1-2-9-3-6-13-14(7-9)19-15(18-13)11-5-4-10(16)8-12(11)17/h3-8H,2H2,1H3,(H,18,19). The second-order valence-electron chi connectivity index (χ2n) is 4.41. The Balaban J connectivity index is 2.14. The summed E-state index contributed by atoms with van der Waals surface area (Å²) in [4.78, 5) is 8.04. The van der Waals surface area contributed by atoms with Crippen molar-refractivity contribution in [3.8, 4) is 11.4 Å². The van der Waals surface area contributed by atoms with Crippen LogP contribution in [0, 0.1) is 0 Å². The molecule has 3 aromatic rings. The molecule has 0 bridgehead atoms. The molecule has 96 valence electrons. The number of hydrogen-bond donors (Lipinski definition) is 1. The Kier molecular flexibility index (Phi) is 3.46. The van der Waals surface area contributed by atoms with Crippen LogP contribution in [0.25, 0.3) is 22.4 Å². The number of aryl methyl sites for hydroxylation is 1. The maximum absolute atomic E-state index is 4.65. The van der Waals surface area contributed by atoms with Gasteiger partial charge in [-0.25, -0.2) is 4.98 Å². The average molecular weight is 380 g/mol. The van der Waals surface area contributed by atoms with Gasteiger partial charge in [0.15, 0.2) is 0 Å². The molecule has 0 saturated carbocycles. The lowest BCUT2D eigenvalue weighted by Crippen LogP contribution is -1.82. The van der Waals surface area contributed by atoms with Crippen LogP contribution in [-0.4, -0.2) is 9.97 Å². The maximum Gasteiger partial charge on any atom is 0.139 e. The van der Waals surface area contributed by atoms with Crippen molar-refractivity contribution in [2.75, 3.05) is 0 Å². The zero-order chi connectivity index (χ0) is 13.4. The van der Waals surface area contributed by atoms with Crippen molar-refractivity contribution in [3.05, 3.63) is 50.9 Å². The Labute approximate surface area is 128 Å². The summed E-state index contributed by atoms with van der Waals surface area (Å²) in [6.45, 7) is 2.16. The molecule has 2 aromatic carbocycles. The Morgan fingerprint density at radius 2 is 1.95 bits per heavy atom. The van der Waals surface area contributed by atoms with Crippen LogP contribution in [0.1, 0.15) is 12.5 Å². The smallest absolute Gasteiger partial charge is 0.139 e. The van der Waals surface area contributed by atoms with Gasteiger partial charge in [-0.05, 0) is 58.2 Å². The van der Waals surface area contributed by atoms with Gasteiger partial charge in [-0.15, -0.1) is 0 Å². The van der Waals surface area contributed by atoms with E-state index in [-0.39, 0.29) is 0 Å². The summed E-state index contributed by atoms with van der Waals surface area (Å²) < 4.78 is 2.07. The lowest BCUT2D eigenvalue weighted by Gasteiger charge is -2.00. The molecule has 1 heterocycles. The monoisotopic (exact) mass is 378 g/mol. The lowest BCUT2D eigenvalue weighted by atomic mass is 10.1. The zero-order valence-corrected chi connectivity index (χ0v) is 13.5. The van der Waals surface area contributed by atoms with Crippen molar-refractivity contribution in [2.24, 2.45) is 0 Å². The van der Waals surface area contributed by atoms with Crippen molar-refractivity contribution >= 4 is 42.9 Å². The molecule has 0 aliphatic rings. The first kappa shape index (κ1) is 12.9. The van der Waals surface area contributed by atoms with E-state index in [0.717, 1.165) is 37.8 Å². The summed E-state index contributed by atoms with van der Waals surface area (Å²) in [6.07, 6.45) is 1.03. The number of benzene rings is 2. The van der Waals surface area contributed by atoms with Crippen LogP contribution >= 0.6 is 31.9 Å². The first-order valence-electron chi connectivity index (χ1n) is 6.11. The van der Waals surface area contributed by atoms with Crippen LogP contribution in [-0.2, 0) is 6.42 Å². The van der Waals surface area contributed by atoms with Gasteiger partial charge in [0.1, 0.15) is 5.82 Å². The van der Waals surface area contributed by atoms with E-state index in [1.807, 2.05) is 18.2 Å². The van der Waals surface area contributed by atoms with Gasteiger partial charge in [0.05, 0.1) is 11.0 Å². The van der Waals surface area contributed by atoms with Gasteiger partial charge in [-0.2, -0.15) is 0 Å². The maximum atomic E-state index is 4.65. The molecule has 0 unspecified atom stereocenters. The van der Waals surface area contributed by atoms with Gasteiger partial charge in [0.25, 0.3) is 0 Å². The highest BCUT2D eigenvalue weighted by molar-refractivity contribution is 9.11. The summed E-state index contributed by atoms with van der Waals surface area (Å²) in [6, 6.07) is 12.5. The number of rotatable bonds is 2. The third-order valence-electron chi connectivity index (χ3n) is 3.14. The third-order valence-corrected chi connectivity index (χ3v) is 4.29. The van der Waals surface area contributed by atoms with E-state index in [0.29, 0.717) is 0 Å². The number of halogens is 2. The summed E-state index contributed by atoms with van der Waals surface area (Å²) in [7, 11) is 0. The number of aromatic amines is 1. The summed E-state index contributed by atoms with van der Waals surface area (Å²) >= 11 is 7.04. The van der Waals surface area contributed by atoms with Crippen LogP contribution in [0.15, 0.2) is 45.3 Å². The predicted molar refractivity (Wildman–Crippen MR) is 86.3 cm³/mol. The lowest BCUT2D eigenvalue weighted by molar-refractivity contribution is 1.14. The van der Waals surface area contributed by atoms with Crippen molar-refractivity contribution < 1.29 is 0 Å². The van der Waals surface area contributed by atoms with Gasteiger partial charge in [-0.3, -0.25) is 0 Å². The topological polar surface area (TPSA) is 28.7 Å². The quantitative estimate of drug-likeness (QED) is 0.641. The molecule has 19 heavy (non-hydrogen) atoms. The fraction of sp³-hybridized carbons (Fsp3) is 0.133. The van der Waals surface area contributed by atoms with Gasteiger partial charge in [-0.1, -0.05) is 28.9 Å². The molecular formula is C15H12Br2N2. The van der Waals surface area contributed by atoms with Crippen LogP contribution in [0.4, 0.5) is 0 Å². The highest BCUT2D eigenvalue weighted by Crippen LogP contribution is 2.30. The van der Waals surface area contributed by atoms with Crippen LogP contribution in [0.3, 0.4) is 0 Å². The van der Waals surface area contributed by atoms with E-state index in [1.54, 1.807) is 0 Å². The van der Waals surface area contributed by atoms with Gasteiger partial charge >= 0.3 is 0 Å². The number of nitrogens with zero attached hydrogens (tertiary/aromatic N) is 1. The van der Waals surface area contributed by atoms with E-state index in [9.17, 15) is 0 Å². The molecule has 0 fully saturated rings. The number of H-pyrrole nitrogens is 1. The molecule has 2 nitrogen and oxygen atoms in total. The number of nitrogens with one attached hydrogen (secondary N) is 1. The zero-order valence-electron chi connectivity index (χ0n) is 10.4. The minimum Gasteiger partial charge on any atom is -0.338 e. The second kappa shape index (κ2) is 5.10. The first-order valence-corrected chi connectivity index (χ1v) is 7.70. The number of hydrogen-bond acceptors (Lipinski definition) is 1. The van der Waals surface area contributed by atoms with Crippen molar-refractivity contribution in [1.29, 1.82) is 0 Å². The molecule has 4 heteroatoms. The minimum absolute atomic E-state index is 0.891. The Morgan fingerprint density at radius 3 is 2.68 bits per heavy atom. The normalized spacial score (nSPS) is 11.1. The highest BCUT2D eigenvalue weighted by atomic mass is 79.9. The van der Waals surface area contributed by atoms with Crippen molar-refractivity contribution in [1.82, 2.24) is 9.97 Å². The molecular weight excluding hydrogens is 368 g/mol. The molecule has 0 saturated heterocycles. The molecule has 3 rings (SSSR count). The molecule has 0 radical (unpaired) electrons. The fourth-order valence-corrected chi connectivity index (χ4v) is 3.32. The Morgan fingerprint density at radius 1 is 1.11 bits per heavy atom. The number of aromatic nitrogens is 2. The molecule has 1 N–H and O–H groups in total. The molecule has 0 spiro atoms. The van der Waals surface area contributed by atoms with Crippen molar-refractivity contribution in [2.45, 2.75) is 13.3 Å². The predicted octanol–water partition coefficient (Wildman–Crippen LogP) is 5.32. The Bertz CT molecular complexity index is 747. The summed E-state index contributed by atoms with van der Waals surface area (Å²) in [5.74, 6) is 0.891. The summed E-state index contributed by atoms with van der Waals surface area (Å²) in [5, 5.41) is 0. The van der Waals surface area contributed by atoms with E-state index in [2.05, 4.69) is 67.0 Å². The minimum atomic E-state index is 0.891. The van der Waals surface area contributed by atoms with E-state index < -0.39 is 0 Å². The highest BCUT2D eigenvalue weighted by Gasteiger charge is 2.09. The molecule has 0 aliphatic heterocycles. The fourth-order valence-electron chi connectivity index (χ4n) is 2.09. The van der Waals surface area contributed by atoms with Gasteiger partial charge < -0.3 is 4.98 Å². The van der Waals surface area contributed by atoms with E-state index >= 15 is 0 Å². The first-order chi connectivity index (χ1) is 9.17. The molecule has 0 amide bonds. The third kappa shape index (κ3) is 2.47. The van der Waals surface area contributed by atoms with Crippen LogP contribution in [0.2, 0.25) is 0 Å². The second-order valence-corrected chi connectivity index (χ2v) is 6.18.